The van der Waals surface area contributed by atoms with Crippen LogP contribution in [0.4, 0.5) is 5.69 Å². The lowest BCUT2D eigenvalue weighted by Crippen LogP contribution is -2.21. The number of aliphatic hydroxyl groups excluding tert-OH is 1. The molecule has 3 aromatic rings. The minimum Gasteiger partial charge on any atom is -0.394 e. The maximum atomic E-state index is 12.6. The quantitative estimate of drug-likeness (QED) is 0.652. The number of rotatable bonds is 5. The highest BCUT2D eigenvalue weighted by molar-refractivity contribution is 6.04. The van der Waals surface area contributed by atoms with Gasteiger partial charge < -0.3 is 15.5 Å². The van der Waals surface area contributed by atoms with Crippen molar-refractivity contribution < 1.29 is 15.0 Å². The van der Waals surface area contributed by atoms with E-state index in [-0.39, 0.29) is 12.5 Å². The highest BCUT2D eigenvalue weighted by Crippen LogP contribution is 2.32. The molecule has 0 fully saturated rings. The summed E-state index contributed by atoms with van der Waals surface area (Å²) in [6, 6.07) is 8.80. The van der Waals surface area contributed by atoms with Crippen molar-refractivity contribution in [2.45, 2.75) is 32.9 Å². The molecule has 26 heavy (non-hydrogen) atoms. The van der Waals surface area contributed by atoms with Crippen molar-refractivity contribution in [1.82, 2.24) is 14.8 Å². The number of carbonyl (C=O) groups is 1. The van der Waals surface area contributed by atoms with Crippen LogP contribution in [0, 0.1) is 6.92 Å². The predicted octanol–water partition coefficient (Wildman–Crippen LogP) is 2.21. The second-order valence-corrected chi connectivity index (χ2v) is 6.73. The number of aryl methyl sites for hydroxylation is 1. The molecule has 0 aliphatic heterocycles. The van der Waals surface area contributed by atoms with Gasteiger partial charge in [0, 0.05) is 22.3 Å². The molecule has 0 spiro atoms. The van der Waals surface area contributed by atoms with Gasteiger partial charge in [-0.3, -0.25) is 9.48 Å². The first kappa shape index (κ1) is 18.0. The Morgan fingerprint density at radius 1 is 1.31 bits per heavy atom. The zero-order valence-electron chi connectivity index (χ0n) is 15.0. The van der Waals surface area contributed by atoms with Crippen molar-refractivity contribution in [3.8, 4) is 0 Å². The van der Waals surface area contributed by atoms with Crippen molar-refractivity contribution in [2.24, 2.45) is 0 Å². The first-order valence-electron chi connectivity index (χ1n) is 8.38. The third-order valence-corrected chi connectivity index (χ3v) is 4.12. The van der Waals surface area contributed by atoms with Crippen LogP contribution in [0.25, 0.3) is 10.9 Å². The molecule has 1 aromatic carbocycles. The molecule has 0 aliphatic carbocycles. The molecule has 0 saturated heterocycles. The Labute approximate surface area is 151 Å². The summed E-state index contributed by atoms with van der Waals surface area (Å²) in [5.41, 5.74) is 1.73. The molecule has 1 amide bonds. The lowest BCUT2D eigenvalue weighted by Gasteiger charge is -2.22. The van der Waals surface area contributed by atoms with Crippen molar-refractivity contribution in [2.75, 3.05) is 11.9 Å². The third-order valence-electron chi connectivity index (χ3n) is 4.12. The molecule has 3 rings (SSSR count). The van der Waals surface area contributed by atoms with E-state index in [1.165, 1.54) is 0 Å². The summed E-state index contributed by atoms with van der Waals surface area (Å²) < 4.78 is 1.66. The lowest BCUT2D eigenvalue weighted by molar-refractivity contribution is 0.0793. The van der Waals surface area contributed by atoms with Gasteiger partial charge in [0.05, 0.1) is 30.5 Å². The van der Waals surface area contributed by atoms with Crippen molar-refractivity contribution in [3.05, 3.63) is 53.5 Å². The van der Waals surface area contributed by atoms with Crippen LogP contribution in [-0.2, 0) is 12.1 Å². The standard InChI is InChI=1S/C19H22N4O3/c1-12-5-4-6-15(21-12)18(25)22-16-9-13-11-20-23(7-8-24)17(13)10-14(16)19(2,3)26/h4-6,9-11,24,26H,7-8H2,1-3H3,(H,22,25). The average Bonchev–Trinajstić information content (AvgIpc) is 2.96. The van der Waals surface area contributed by atoms with Gasteiger partial charge in [0.2, 0.25) is 0 Å². The maximum absolute atomic E-state index is 12.6. The molecule has 7 heteroatoms. The number of hydrogen-bond acceptors (Lipinski definition) is 5. The van der Waals surface area contributed by atoms with E-state index in [4.69, 9.17) is 0 Å². The number of benzene rings is 1. The number of aliphatic hydroxyl groups is 2. The fraction of sp³-hybridized carbons (Fsp3) is 0.316. The fourth-order valence-corrected chi connectivity index (χ4v) is 2.86. The Bertz CT molecular complexity index is 957. The predicted molar refractivity (Wildman–Crippen MR) is 99.0 cm³/mol. The highest BCUT2D eigenvalue weighted by atomic mass is 16.3. The largest absolute Gasteiger partial charge is 0.394 e. The number of nitrogens with zero attached hydrogens (tertiary/aromatic N) is 3. The van der Waals surface area contributed by atoms with E-state index in [0.29, 0.717) is 23.5 Å². The minimum atomic E-state index is -1.18. The fourth-order valence-electron chi connectivity index (χ4n) is 2.86. The van der Waals surface area contributed by atoms with Crippen LogP contribution in [0.15, 0.2) is 36.5 Å². The number of fused-ring (bicyclic) bond motifs is 1. The zero-order valence-corrected chi connectivity index (χ0v) is 15.0. The van der Waals surface area contributed by atoms with Gasteiger partial charge in [-0.15, -0.1) is 0 Å². The number of anilines is 1. The smallest absolute Gasteiger partial charge is 0.274 e. The number of amides is 1. The monoisotopic (exact) mass is 354 g/mol. The van der Waals surface area contributed by atoms with Crippen molar-refractivity contribution in [1.29, 1.82) is 0 Å². The first-order chi connectivity index (χ1) is 12.3. The molecular formula is C19H22N4O3. The Morgan fingerprint density at radius 2 is 2.08 bits per heavy atom. The highest BCUT2D eigenvalue weighted by Gasteiger charge is 2.23. The summed E-state index contributed by atoms with van der Waals surface area (Å²) in [4.78, 5) is 16.8. The summed E-state index contributed by atoms with van der Waals surface area (Å²) in [5.74, 6) is -0.346. The van der Waals surface area contributed by atoms with Crippen LogP contribution < -0.4 is 5.32 Å². The maximum Gasteiger partial charge on any atom is 0.274 e. The number of aromatic nitrogens is 3. The topological polar surface area (TPSA) is 100 Å². The van der Waals surface area contributed by atoms with Crippen molar-refractivity contribution >= 4 is 22.5 Å². The molecule has 0 saturated carbocycles. The molecule has 0 atom stereocenters. The van der Waals surface area contributed by atoms with Gasteiger partial charge in [0.15, 0.2) is 0 Å². The molecule has 3 N–H and O–H groups in total. The van der Waals surface area contributed by atoms with Crippen LogP contribution in [-0.4, -0.2) is 37.5 Å². The van der Waals surface area contributed by atoms with Gasteiger partial charge >= 0.3 is 0 Å². The summed E-state index contributed by atoms with van der Waals surface area (Å²) >= 11 is 0. The van der Waals surface area contributed by atoms with Gasteiger partial charge in [-0.05, 0) is 45.0 Å². The summed E-state index contributed by atoms with van der Waals surface area (Å²) in [5, 5.41) is 27.6. The summed E-state index contributed by atoms with van der Waals surface area (Å²) in [7, 11) is 0. The van der Waals surface area contributed by atoms with Crippen LogP contribution in [0.3, 0.4) is 0 Å². The van der Waals surface area contributed by atoms with E-state index >= 15 is 0 Å². The SMILES string of the molecule is Cc1cccc(C(=O)Nc2cc3cnn(CCO)c3cc2C(C)(C)O)n1. The van der Waals surface area contributed by atoms with E-state index in [1.807, 2.05) is 13.0 Å². The Kier molecular flexibility index (Phi) is 4.76. The van der Waals surface area contributed by atoms with Crippen molar-refractivity contribution in [3.63, 3.8) is 0 Å². The molecular weight excluding hydrogens is 332 g/mol. The minimum absolute atomic E-state index is 0.0356. The Hall–Kier alpha value is -2.77. The number of hydrogen-bond donors (Lipinski definition) is 3. The molecule has 7 nitrogen and oxygen atoms in total. The van der Waals surface area contributed by atoms with E-state index in [0.717, 1.165) is 16.6 Å². The van der Waals surface area contributed by atoms with E-state index in [2.05, 4.69) is 15.4 Å². The molecule has 0 aliphatic rings. The van der Waals surface area contributed by atoms with Crippen LogP contribution in [0.2, 0.25) is 0 Å². The van der Waals surface area contributed by atoms with E-state index < -0.39 is 5.60 Å². The summed E-state index contributed by atoms with van der Waals surface area (Å²) in [6.07, 6.45) is 1.67. The van der Waals surface area contributed by atoms with Gasteiger partial charge in [-0.1, -0.05) is 6.07 Å². The van der Waals surface area contributed by atoms with Gasteiger partial charge in [0.1, 0.15) is 5.69 Å². The molecule has 2 aromatic heterocycles. The van der Waals surface area contributed by atoms with Gasteiger partial charge in [-0.2, -0.15) is 5.10 Å². The third kappa shape index (κ3) is 3.58. The summed E-state index contributed by atoms with van der Waals surface area (Å²) in [6.45, 7) is 5.45. The molecule has 2 heterocycles. The van der Waals surface area contributed by atoms with E-state index in [9.17, 15) is 15.0 Å². The van der Waals surface area contributed by atoms with Gasteiger partial charge in [0.25, 0.3) is 5.91 Å². The molecule has 0 unspecified atom stereocenters. The number of carbonyl (C=O) groups excluding carboxylic acids is 1. The lowest BCUT2D eigenvalue weighted by atomic mass is 9.95. The Balaban J connectivity index is 2.05. The van der Waals surface area contributed by atoms with Crippen LogP contribution in [0.1, 0.15) is 35.6 Å². The van der Waals surface area contributed by atoms with Crippen LogP contribution in [0.5, 0.6) is 0 Å². The normalized spacial score (nSPS) is 11.7. The van der Waals surface area contributed by atoms with Crippen LogP contribution >= 0.6 is 0 Å². The molecule has 136 valence electrons. The number of nitrogens with one attached hydrogen (secondary N) is 1. The molecule has 0 radical (unpaired) electrons. The second-order valence-electron chi connectivity index (χ2n) is 6.73. The average molecular weight is 354 g/mol. The second kappa shape index (κ2) is 6.86. The zero-order chi connectivity index (χ0) is 18.9. The Morgan fingerprint density at radius 3 is 2.73 bits per heavy atom. The number of pyridine rings is 1. The van der Waals surface area contributed by atoms with Gasteiger partial charge in [-0.25, -0.2) is 4.98 Å². The first-order valence-corrected chi connectivity index (χ1v) is 8.38. The van der Waals surface area contributed by atoms with E-state index in [1.54, 1.807) is 49.0 Å². The molecule has 0 bridgehead atoms.